The van der Waals surface area contributed by atoms with E-state index in [9.17, 15) is 8.42 Å². The summed E-state index contributed by atoms with van der Waals surface area (Å²) in [5.41, 5.74) is 11.1. The molecule has 0 fully saturated rings. The van der Waals surface area contributed by atoms with Crippen LogP contribution in [0.1, 0.15) is 28.8 Å². The van der Waals surface area contributed by atoms with Crippen LogP contribution >= 0.6 is 0 Å². The van der Waals surface area contributed by atoms with Gasteiger partial charge in [-0.3, -0.25) is 0 Å². The summed E-state index contributed by atoms with van der Waals surface area (Å²) in [7, 11) is -3.64. The van der Waals surface area contributed by atoms with Crippen molar-refractivity contribution in [3.8, 4) is 11.1 Å². The summed E-state index contributed by atoms with van der Waals surface area (Å²) >= 11 is 0. The van der Waals surface area contributed by atoms with Gasteiger partial charge in [0.05, 0.1) is 17.8 Å². The second-order valence-corrected chi connectivity index (χ2v) is 9.52. The van der Waals surface area contributed by atoms with Crippen molar-refractivity contribution in [2.45, 2.75) is 17.8 Å². The fourth-order valence-corrected chi connectivity index (χ4v) is 5.14. The van der Waals surface area contributed by atoms with Gasteiger partial charge in [-0.1, -0.05) is 115 Å². The first-order valence-corrected chi connectivity index (χ1v) is 12.2. The fourth-order valence-electron chi connectivity index (χ4n) is 3.76. The number of benzene rings is 4. The van der Waals surface area contributed by atoms with Gasteiger partial charge in [0.25, 0.3) is 0 Å². The lowest BCUT2D eigenvalue weighted by Crippen LogP contribution is -2.36. The summed E-state index contributed by atoms with van der Waals surface area (Å²) in [4.78, 5) is 0. The Morgan fingerprint density at radius 1 is 0.625 bits per heavy atom. The highest BCUT2D eigenvalue weighted by Crippen LogP contribution is 2.28. The van der Waals surface area contributed by atoms with Crippen molar-refractivity contribution in [3.05, 3.63) is 132 Å². The Bertz CT molecular complexity index is 1230. The van der Waals surface area contributed by atoms with Crippen LogP contribution in [-0.2, 0) is 15.8 Å². The van der Waals surface area contributed by atoms with Crippen LogP contribution in [0.4, 0.5) is 0 Å². The summed E-state index contributed by atoms with van der Waals surface area (Å²) in [5.74, 6) is -0.118. The molecular weight excluding hydrogens is 416 g/mol. The molecule has 0 saturated carbocycles. The fraction of sp³-hybridized carbons (Fsp3) is 0.111. The van der Waals surface area contributed by atoms with E-state index in [1.54, 1.807) is 0 Å². The van der Waals surface area contributed by atoms with Gasteiger partial charge in [0.1, 0.15) is 0 Å². The Hall–Kier alpha value is -3.25. The van der Waals surface area contributed by atoms with Gasteiger partial charge in [-0.15, -0.1) is 0 Å². The molecule has 0 heterocycles. The zero-order chi connectivity index (χ0) is 22.4. The third-order valence-electron chi connectivity index (χ3n) is 5.43. The number of nitrogens with two attached hydrogens (primary N) is 1. The van der Waals surface area contributed by atoms with Crippen LogP contribution in [0.3, 0.4) is 0 Å². The molecule has 3 N–H and O–H groups in total. The molecular formula is C27H26N2O2S. The third kappa shape index (κ3) is 5.51. The highest BCUT2D eigenvalue weighted by atomic mass is 32.2. The smallest absolute Gasteiger partial charge is 0.216 e. The molecule has 4 aromatic rings. The van der Waals surface area contributed by atoms with Crippen LogP contribution in [0.15, 0.2) is 115 Å². The monoisotopic (exact) mass is 442 g/mol. The predicted molar refractivity (Wildman–Crippen MR) is 130 cm³/mol. The molecule has 4 aromatic carbocycles. The topological polar surface area (TPSA) is 72.2 Å². The molecule has 0 spiro atoms. The van der Waals surface area contributed by atoms with Gasteiger partial charge in [0, 0.05) is 0 Å². The molecule has 0 saturated heterocycles. The second kappa shape index (κ2) is 9.92. The molecule has 4 nitrogen and oxygen atoms in total. The lowest BCUT2D eigenvalue weighted by Gasteiger charge is -2.26. The molecule has 0 radical (unpaired) electrons. The second-order valence-electron chi connectivity index (χ2n) is 7.76. The number of hydrogen-bond donors (Lipinski definition) is 2. The van der Waals surface area contributed by atoms with E-state index in [0.29, 0.717) is 0 Å². The normalized spacial score (nSPS) is 13.4. The average Bonchev–Trinajstić information content (AvgIpc) is 2.84. The Morgan fingerprint density at radius 3 is 1.66 bits per heavy atom. The molecule has 0 aliphatic heterocycles. The predicted octanol–water partition coefficient (Wildman–Crippen LogP) is 5.21. The van der Waals surface area contributed by atoms with Crippen molar-refractivity contribution >= 4 is 10.0 Å². The number of nitrogens with one attached hydrogen (secondary N) is 1. The molecule has 0 aliphatic carbocycles. The Kier molecular flexibility index (Phi) is 6.81. The van der Waals surface area contributed by atoms with Gasteiger partial charge < -0.3 is 5.73 Å². The van der Waals surface area contributed by atoms with Crippen molar-refractivity contribution in [2.75, 3.05) is 0 Å². The summed E-state index contributed by atoms with van der Waals surface area (Å²) < 4.78 is 29.1. The van der Waals surface area contributed by atoms with Crippen LogP contribution in [0.2, 0.25) is 0 Å². The van der Waals surface area contributed by atoms with E-state index in [1.807, 2.05) is 115 Å². The van der Waals surface area contributed by atoms with E-state index in [-0.39, 0.29) is 5.75 Å². The van der Waals surface area contributed by atoms with Crippen molar-refractivity contribution < 1.29 is 8.42 Å². The first-order chi connectivity index (χ1) is 15.5. The molecule has 4 rings (SSSR count). The van der Waals surface area contributed by atoms with Gasteiger partial charge in [0.2, 0.25) is 10.0 Å². The van der Waals surface area contributed by atoms with Crippen LogP contribution in [0.25, 0.3) is 11.1 Å². The Morgan fingerprint density at radius 2 is 1.09 bits per heavy atom. The van der Waals surface area contributed by atoms with Crippen molar-refractivity contribution in [3.63, 3.8) is 0 Å². The van der Waals surface area contributed by atoms with Gasteiger partial charge in [-0.05, 0) is 27.8 Å². The summed E-state index contributed by atoms with van der Waals surface area (Å²) in [5, 5.41) is 0. The minimum absolute atomic E-state index is 0.118. The van der Waals surface area contributed by atoms with Crippen LogP contribution in [-0.4, -0.2) is 8.42 Å². The molecule has 162 valence electrons. The van der Waals surface area contributed by atoms with E-state index in [0.717, 1.165) is 27.8 Å². The first-order valence-electron chi connectivity index (χ1n) is 10.5. The SMILES string of the molecule is NC(c1ccccc1)C(NS(=O)(=O)Cc1ccc(-c2ccccc2)cc1)c1ccccc1. The number of sulfonamides is 1. The zero-order valence-electron chi connectivity index (χ0n) is 17.6. The summed E-state index contributed by atoms with van der Waals surface area (Å²) in [6, 6.07) is 35.5. The maximum absolute atomic E-state index is 13.1. The van der Waals surface area contributed by atoms with Gasteiger partial charge in [-0.25, -0.2) is 13.1 Å². The summed E-state index contributed by atoms with van der Waals surface area (Å²) in [6.45, 7) is 0. The highest BCUT2D eigenvalue weighted by Gasteiger charge is 2.26. The molecule has 32 heavy (non-hydrogen) atoms. The minimum Gasteiger partial charge on any atom is -0.322 e. The molecule has 0 bridgehead atoms. The quantitative estimate of drug-likeness (QED) is 0.393. The van der Waals surface area contributed by atoms with Crippen LogP contribution in [0.5, 0.6) is 0 Å². The molecule has 0 amide bonds. The van der Waals surface area contributed by atoms with Crippen molar-refractivity contribution in [2.24, 2.45) is 5.73 Å². The molecule has 2 atom stereocenters. The maximum atomic E-state index is 13.1. The van der Waals surface area contributed by atoms with E-state index in [1.165, 1.54) is 0 Å². The maximum Gasteiger partial charge on any atom is 0.216 e. The largest absolute Gasteiger partial charge is 0.322 e. The first kappa shape index (κ1) is 22.0. The average molecular weight is 443 g/mol. The van der Waals surface area contributed by atoms with Gasteiger partial charge in [-0.2, -0.15) is 0 Å². The lowest BCUT2D eigenvalue weighted by atomic mass is 9.95. The van der Waals surface area contributed by atoms with Crippen LogP contribution in [0, 0.1) is 0 Å². The molecule has 0 aromatic heterocycles. The van der Waals surface area contributed by atoms with Crippen molar-refractivity contribution in [1.29, 1.82) is 0 Å². The molecule has 2 unspecified atom stereocenters. The highest BCUT2D eigenvalue weighted by molar-refractivity contribution is 7.88. The minimum atomic E-state index is -3.64. The molecule has 5 heteroatoms. The molecule has 0 aliphatic rings. The van der Waals surface area contributed by atoms with Crippen molar-refractivity contribution in [1.82, 2.24) is 4.72 Å². The number of hydrogen-bond acceptors (Lipinski definition) is 3. The zero-order valence-corrected chi connectivity index (χ0v) is 18.5. The third-order valence-corrected chi connectivity index (χ3v) is 6.75. The van der Waals surface area contributed by atoms with Gasteiger partial charge in [0.15, 0.2) is 0 Å². The Labute approximate surface area is 189 Å². The summed E-state index contributed by atoms with van der Waals surface area (Å²) in [6.07, 6.45) is 0. The Balaban J connectivity index is 1.55. The standard InChI is InChI=1S/C27H26N2O2S/c28-26(24-12-6-2-7-13-24)27(25-14-8-3-9-15-25)29-32(30,31)20-21-16-18-23(19-17-21)22-10-4-1-5-11-22/h1-19,26-27,29H,20,28H2. The lowest BCUT2D eigenvalue weighted by molar-refractivity contribution is 0.503. The van der Waals surface area contributed by atoms with E-state index < -0.39 is 22.1 Å². The van der Waals surface area contributed by atoms with E-state index >= 15 is 0 Å². The van der Waals surface area contributed by atoms with Gasteiger partial charge >= 0.3 is 0 Å². The van der Waals surface area contributed by atoms with Crippen LogP contribution < -0.4 is 10.5 Å². The van der Waals surface area contributed by atoms with E-state index in [4.69, 9.17) is 5.73 Å². The van der Waals surface area contributed by atoms with E-state index in [2.05, 4.69) is 4.72 Å². The number of rotatable bonds is 8.